The minimum Gasteiger partial charge on any atom is -0.491 e. The predicted molar refractivity (Wildman–Crippen MR) is 123 cm³/mol. The van der Waals surface area contributed by atoms with Crippen molar-refractivity contribution in [1.82, 2.24) is 9.71 Å². The smallest absolute Gasteiger partial charge is 0.416 e. The molecule has 0 radical (unpaired) electrons. The van der Waals surface area contributed by atoms with Crippen molar-refractivity contribution in [3.05, 3.63) is 71.9 Å². The zero-order valence-corrected chi connectivity index (χ0v) is 20.9. The molecule has 0 spiro atoms. The number of halogens is 6. The lowest BCUT2D eigenvalue weighted by Gasteiger charge is -2.15. The highest BCUT2D eigenvalue weighted by Crippen LogP contribution is 2.34. The van der Waals surface area contributed by atoms with Gasteiger partial charge in [0.2, 0.25) is 10.0 Å². The summed E-state index contributed by atoms with van der Waals surface area (Å²) < 4.78 is 132. The maximum Gasteiger partial charge on any atom is 0.416 e. The third-order valence-corrected chi connectivity index (χ3v) is 7.40. The predicted octanol–water partition coefficient (Wildman–Crippen LogP) is 3.86. The van der Waals surface area contributed by atoms with Crippen LogP contribution in [0.2, 0.25) is 0 Å². The van der Waals surface area contributed by atoms with Gasteiger partial charge in [-0.05, 0) is 30.3 Å². The van der Waals surface area contributed by atoms with Crippen molar-refractivity contribution in [2.45, 2.75) is 28.6 Å². The van der Waals surface area contributed by atoms with Gasteiger partial charge < -0.3 is 4.74 Å². The molecule has 3 N–H and O–H groups in total. The summed E-state index contributed by atoms with van der Waals surface area (Å²) in [5.41, 5.74) is -1.78. The number of sulfonamides is 2. The van der Waals surface area contributed by atoms with Crippen LogP contribution in [-0.2, 0) is 26.2 Å². The lowest BCUT2D eigenvalue weighted by molar-refractivity contribution is -0.139. The molecule has 9 nitrogen and oxygen atoms in total. The van der Waals surface area contributed by atoms with Gasteiger partial charge in [-0.15, -0.1) is 0 Å². The minimum atomic E-state index is -4.83. The molecule has 1 heterocycles. The molecule has 210 valence electrons. The zero-order valence-electron chi connectivity index (χ0n) is 19.2. The van der Waals surface area contributed by atoms with Crippen LogP contribution in [0.4, 0.5) is 26.3 Å². The zero-order chi connectivity index (χ0) is 29.2. The normalized spacial score (nSPS) is 12.7. The fourth-order valence-electron chi connectivity index (χ4n) is 3.13. The molecule has 0 bridgehead atoms. The highest BCUT2D eigenvalue weighted by molar-refractivity contribution is 7.92. The number of primary sulfonamides is 1. The van der Waals surface area contributed by atoms with Crippen molar-refractivity contribution in [1.29, 1.82) is 0 Å². The van der Waals surface area contributed by atoms with Gasteiger partial charge in [-0.1, -0.05) is 24.3 Å². The number of aromatic nitrogens is 1. The molecule has 39 heavy (non-hydrogen) atoms. The monoisotopic (exact) mass is 597 g/mol. The van der Waals surface area contributed by atoms with Gasteiger partial charge >= 0.3 is 12.4 Å². The second kappa shape index (κ2) is 10.8. The van der Waals surface area contributed by atoms with E-state index in [4.69, 9.17) is 9.88 Å². The van der Waals surface area contributed by atoms with E-state index < -0.39 is 78.0 Å². The number of carbonyl (C=O) groups is 1. The molecule has 0 saturated heterocycles. The van der Waals surface area contributed by atoms with E-state index in [0.29, 0.717) is 12.1 Å². The number of hydrogen-bond donors (Lipinski definition) is 2. The molecule has 2 aromatic carbocycles. The summed E-state index contributed by atoms with van der Waals surface area (Å²) in [4.78, 5) is 14.9. The van der Waals surface area contributed by atoms with Gasteiger partial charge in [0.15, 0.2) is 0 Å². The van der Waals surface area contributed by atoms with Gasteiger partial charge in [0.1, 0.15) is 21.2 Å². The van der Waals surface area contributed by atoms with Crippen molar-refractivity contribution in [3.8, 4) is 17.0 Å². The Bertz CT molecular complexity index is 1590. The molecule has 3 rings (SSSR count). The Balaban J connectivity index is 1.98. The van der Waals surface area contributed by atoms with Gasteiger partial charge in [-0.25, -0.2) is 26.7 Å². The number of ether oxygens (including phenoxy) is 1. The first-order valence-electron chi connectivity index (χ1n) is 10.4. The van der Waals surface area contributed by atoms with Crippen molar-refractivity contribution in [2.24, 2.45) is 5.14 Å². The number of benzene rings is 2. The number of rotatable bonds is 8. The van der Waals surface area contributed by atoms with Gasteiger partial charge in [-0.3, -0.25) is 9.78 Å². The van der Waals surface area contributed by atoms with Crippen molar-refractivity contribution >= 4 is 26.0 Å². The Morgan fingerprint density at radius 3 is 2.05 bits per heavy atom. The Hall–Kier alpha value is -3.70. The Morgan fingerprint density at radius 2 is 1.51 bits per heavy atom. The van der Waals surface area contributed by atoms with E-state index in [1.807, 2.05) is 0 Å². The fraction of sp³-hybridized carbons (Fsp3) is 0.182. The summed E-state index contributed by atoms with van der Waals surface area (Å²) in [5.74, 6) is -1.83. The molecule has 0 atom stereocenters. The molecule has 0 aliphatic rings. The molecular formula is C22H17F6N3O6S2. The number of nitrogens with one attached hydrogen (secondary N) is 1. The minimum absolute atomic E-state index is 0.00771. The summed E-state index contributed by atoms with van der Waals surface area (Å²) in [6.45, 7) is -0.954. The van der Waals surface area contributed by atoms with E-state index in [9.17, 15) is 48.0 Å². The first-order valence-corrected chi connectivity index (χ1v) is 13.5. The summed E-state index contributed by atoms with van der Waals surface area (Å²) in [6.07, 6.45) is -9.90. The largest absolute Gasteiger partial charge is 0.491 e. The van der Waals surface area contributed by atoms with Crippen LogP contribution in [0, 0.1) is 0 Å². The Labute approximate surface area is 217 Å². The van der Waals surface area contributed by atoms with E-state index in [0.717, 1.165) is 36.5 Å². The van der Waals surface area contributed by atoms with Gasteiger partial charge in [-0.2, -0.15) is 26.3 Å². The number of nitrogens with zero attached hydrogens (tertiary/aromatic N) is 1. The maximum atomic E-state index is 12.9. The Kier molecular flexibility index (Phi) is 8.28. The van der Waals surface area contributed by atoms with Crippen LogP contribution < -0.4 is 14.6 Å². The fourth-order valence-corrected chi connectivity index (χ4v) is 5.49. The maximum absolute atomic E-state index is 12.9. The Morgan fingerprint density at radius 1 is 0.923 bits per heavy atom. The first kappa shape index (κ1) is 29.9. The standard InChI is InChI=1S/C22H17F6N3O6S2/c23-21(24,25)9-10-37-16-11-14(12-30-19(16)13-5-7-15(8-6-13)22(26,27)28)20(32)31-39(35,36)18-4-2-1-3-17(18)38(29,33)34/h1-8,11-12H,9-10H2,(H,31,32)(H2,29,33,34). The topological polar surface area (TPSA) is 146 Å². The molecular weight excluding hydrogens is 580 g/mol. The average Bonchev–Trinajstić information content (AvgIpc) is 2.82. The lowest BCUT2D eigenvalue weighted by atomic mass is 10.1. The molecule has 3 aromatic rings. The second-order valence-electron chi connectivity index (χ2n) is 7.79. The number of amides is 1. The highest BCUT2D eigenvalue weighted by Gasteiger charge is 2.31. The van der Waals surface area contributed by atoms with Crippen LogP contribution in [0.1, 0.15) is 22.3 Å². The molecule has 0 unspecified atom stereocenters. The molecule has 0 saturated carbocycles. The van der Waals surface area contributed by atoms with E-state index in [1.165, 1.54) is 12.1 Å². The molecule has 17 heteroatoms. The van der Waals surface area contributed by atoms with Gasteiger partial charge in [0, 0.05) is 11.8 Å². The SMILES string of the molecule is NS(=O)(=O)c1ccccc1S(=O)(=O)NC(=O)c1cnc(-c2ccc(C(F)(F)F)cc2)c(OCCC(F)(F)F)c1. The summed E-state index contributed by atoms with van der Waals surface area (Å²) >= 11 is 0. The first-order chi connectivity index (χ1) is 17.9. The van der Waals surface area contributed by atoms with Crippen LogP contribution in [0.25, 0.3) is 11.3 Å². The number of carbonyl (C=O) groups excluding carboxylic acids is 1. The molecule has 0 fully saturated rings. The second-order valence-corrected chi connectivity index (χ2v) is 11.0. The van der Waals surface area contributed by atoms with Crippen LogP contribution >= 0.6 is 0 Å². The van der Waals surface area contributed by atoms with Crippen LogP contribution in [-0.4, -0.2) is 40.5 Å². The van der Waals surface area contributed by atoms with Crippen LogP contribution in [0.3, 0.4) is 0 Å². The number of hydrogen-bond acceptors (Lipinski definition) is 7. The summed E-state index contributed by atoms with van der Waals surface area (Å²) in [7, 11) is -9.35. The lowest BCUT2D eigenvalue weighted by Crippen LogP contribution is -2.32. The van der Waals surface area contributed by atoms with Crippen LogP contribution in [0.5, 0.6) is 5.75 Å². The van der Waals surface area contributed by atoms with Gasteiger partial charge in [0.05, 0.1) is 24.2 Å². The van der Waals surface area contributed by atoms with Gasteiger partial charge in [0.25, 0.3) is 15.9 Å². The summed E-state index contributed by atoms with van der Waals surface area (Å²) in [6, 6.07) is 8.32. The van der Waals surface area contributed by atoms with E-state index in [1.54, 1.807) is 4.72 Å². The third kappa shape index (κ3) is 7.67. The third-order valence-electron chi connectivity index (χ3n) is 4.92. The number of nitrogens with two attached hydrogens (primary N) is 1. The quantitative estimate of drug-likeness (QED) is 0.375. The molecule has 1 amide bonds. The van der Waals surface area contributed by atoms with Crippen molar-refractivity contribution in [2.75, 3.05) is 6.61 Å². The van der Waals surface area contributed by atoms with Crippen LogP contribution in [0.15, 0.2) is 70.6 Å². The summed E-state index contributed by atoms with van der Waals surface area (Å²) in [5, 5.41) is 5.02. The molecule has 0 aliphatic heterocycles. The average molecular weight is 598 g/mol. The van der Waals surface area contributed by atoms with Crippen molar-refractivity contribution in [3.63, 3.8) is 0 Å². The molecule has 0 aliphatic carbocycles. The van der Waals surface area contributed by atoms with E-state index in [2.05, 4.69) is 4.98 Å². The highest BCUT2D eigenvalue weighted by atomic mass is 32.2. The van der Waals surface area contributed by atoms with E-state index >= 15 is 0 Å². The number of alkyl halides is 6. The number of pyridine rings is 1. The van der Waals surface area contributed by atoms with Crippen molar-refractivity contribution < 1.29 is 52.7 Å². The van der Waals surface area contributed by atoms with E-state index in [-0.39, 0.29) is 11.3 Å². The molecule has 1 aromatic heterocycles.